The minimum Gasteiger partial charge on any atom is -0.396 e. The van der Waals surface area contributed by atoms with Gasteiger partial charge in [-0.25, -0.2) is 0 Å². The topological polar surface area (TPSA) is 58.3 Å². The highest BCUT2D eigenvalue weighted by Crippen LogP contribution is 2.31. The van der Waals surface area contributed by atoms with E-state index in [-0.39, 0.29) is 5.54 Å². The summed E-state index contributed by atoms with van der Waals surface area (Å²) in [7, 11) is 0. The molecule has 0 aliphatic heterocycles. The van der Waals surface area contributed by atoms with E-state index in [0.717, 1.165) is 6.42 Å². The molecule has 0 aromatic heterocycles. The van der Waals surface area contributed by atoms with E-state index >= 15 is 0 Å². The summed E-state index contributed by atoms with van der Waals surface area (Å²) >= 11 is 12.1. The Bertz CT molecular complexity index is 719. The highest BCUT2D eigenvalue weighted by atomic mass is 35.5. The highest BCUT2D eigenvalue weighted by Gasteiger charge is 2.20. The van der Waals surface area contributed by atoms with E-state index in [9.17, 15) is 5.11 Å². The van der Waals surface area contributed by atoms with Gasteiger partial charge in [-0.05, 0) is 55.0 Å². The maximum Gasteiger partial charge on any atom is 0.0915 e. The highest BCUT2D eigenvalue weighted by molar-refractivity contribution is 6.38. The number of halogens is 2. The molecule has 0 saturated heterocycles. The number of nitrogens with two attached hydrogens (primary N) is 1. The molecule has 0 heterocycles. The SMILES string of the molecule is CC(C)c1ccc(CC(C)(C)NCC(O)c2cc(Cl)c(N)c(Cl)c2)cc1. The molecule has 2 aromatic rings. The minimum absolute atomic E-state index is 0.165. The average molecular weight is 395 g/mol. The predicted molar refractivity (Wildman–Crippen MR) is 112 cm³/mol. The smallest absolute Gasteiger partial charge is 0.0915 e. The van der Waals surface area contributed by atoms with Crippen molar-refractivity contribution in [2.24, 2.45) is 0 Å². The molecule has 26 heavy (non-hydrogen) atoms. The maximum absolute atomic E-state index is 10.5. The number of β-amino-alcohol motifs (C(OH)–C–C–N with tert-alkyl or cyclic N) is 1. The molecule has 5 heteroatoms. The van der Waals surface area contributed by atoms with Gasteiger partial charge in [0.05, 0.1) is 21.8 Å². The molecule has 0 fully saturated rings. The first-order chi connectivity index (χ1) is 12.1. The van der Waals surface area contributed by atoms with Crippen molar-refractivity contribution in [3.63, 3.8) is 0 Å². The van der Waals surface area contributed by atoms with E-state index < -0.39 is 6.10 Å². The standard InChI is InChI=1S/C21H28Cl2N2O/c1-13(2)15-7-5-14(6-8-15)11-21(3,4)25-12-19(26)16-9-17(22)20(24)18(23)10-16/h5-10,13,19,25-26H,11-12,24H2,1-4H3. The number of hydrogen-bond acceptors (Lipinski definition) is 3. The number of benzene rings is 2. The summed E-state index contributed by atoms with van der Waals surface area (Å²) < 4.78 is 0. The van der Waals surface area contributed by atoms with Crippen LogP contribution in [0.4, 0.5) is 5.69 Å². The van der Waals surface area contributed by atoms with Gasteiger partial charge in [0.2, 0.25) is 0 Å². The molecule has 0 spiro atoms. The molecule has 2 aromatic carbocycles. The molecule has 0 saturated carbocycles. The maximum atomic E-state index is 10.5. The summed E-state index contributed by atoms with van der Waals surface area (Å²) in [4.78, 5) is 0. The van der Waals surface area contributed by atoms with Gasteiger partial charge in [0.1, 0.15) is 0 Å². The molecule has 0 radical (unpaired) electrons. The first kappa shape index (κ1) is 21.0. The number of aliphatic hydroxyl groups excluding tert-OH is 1. The summed E-state index contributed by atoms with van der Waals surface area (Å²) in [5.74, 6) is 0.531. The van der Waals surface area contributed by atoms with Crippen molar-refractivity contribution in [2.75, 3.05) is 12.3 Å². The number of nitrogens with one attached hydrogen (secondary N) is 1. The Kier molecular flexibility index (Phi) is 6.98. The first-order valence-electron chi connectivity index (χ1n) is 8.85. The zero-order chi connectivity index (χ0) is 19.5. The van der Waals surface area contributed by atoms with Crippen molar-refractivity contribution >= 4 is 28.9 Å². The molecule has 142 valence electrons. The Morgan fingerprint density at radius 2 is 1.58 bits per heavy atom. The predicted octanol–water partition coefficient (Wildman–Crippen LogP) is 5.34. The quantitative estimate of drug-likeness (QED) is 0.555. The summed E-state index contributed by atoms with van der Waals surface area (Å²) in [5, 5.41) is 14.6. The molecular formula is C21H28Cl2N2O. The first-order valence-corrected chi connectivity index (χ1v) is 9.61. The van der Waals surface area contributed by atoms with Crippen molar-refractivity contribution in [1.82, 2.24) is 5.32 Å². The molecule has 0 bridgehead atoms. The van der Waals surface area contributed by atoms with Crippen molar-refractivity contribution < 1.29 is 5.11 Å². The van der Waals surface area contributed by atoms with Crippen LogP contribution in [-0.2, 0) is 6.42 Å². The summed E-state index contributed by atoms with van der Waals surface area (Å²) in [6, 6.07) is 12.0. The Balaban J connectivity index is 1.98. The summed E-state index contributed by atoms with van der Waals surface area (Å²) in [6.45, 7) is 9.03. The molecule has 2 rings (SSSR count). The van der Waals surface area contributed by atoms with Crippen LogP contribution in [0, 0.1) is 0 Å². The second kappa shape index (κ2) is 8.62. The molecule has 1 unspecified atom stereocenters. The molecule has 0 amide bonds. The summed E-state index contributed by atoms with van der Waals surface area (Å²) in [6.07, 6.45) is 0.148. The van der Waals surface area contributed by atoms with Crippen molar-refractivity contribution in [3.05, 3.63) is 63.1 Å². The zero-order valence-electron chi connectivity index (χ0n) is 15.8. The third-order valence-corrected chi connectivity index (χ3v) is 5.18. The number of aliphatic hydroxyl groups is 1. The van der Waals surface area contributed by atoms with Crippen LogP contribution in [0.2, 0.25) is 10.0 Å². The van der Waals surface area contributed by atoms with Gasteiger partial charge in [0.15, 0.2) is 0 Å². The van der Waals surface area contributed by atoms with Gasteiger partial charge < -0.3 is 16.2 Å². The van der Waals surface area contributed by atoms with Gasteiger partial charge in [-0.1, -0.05) is 61.3 Å². The van der Waals surface area contributed by atoms with Gasteiger partial charge >= 0.3 is 0 Å². The Labute approximate surface area is 166 Å². The van der Waals surface area contributed by atoms with E-state index in [1.807, 2.05) is 0 Å². The van der Waals surface area contributed by atoms with Crippen LogP contribution in [0.3, 0.4) is 0 Å². The van der Waals surface area contributed by atoms with Crippen LogP contribution >= 0.6 is 23.2 Å². The van der Waals surface area contributed by atoms with Gasteiger partial charge in [0, 0.05) is 12.1 Å². The van der Waals surface area contributed by atoms with Crippen molar-refractivity contribution in [2.45, 2.75) is 51.7 Å². The van der Waals surface area contributed by atoms with Crippen LogP contribution < -0.4 is 11.1 Å². The molecule has 0 aliphatic rings. The molecule has 1 atom stereocenters. The van der Waals surface area contributed by atoms with E-state index in [1.165, 1.54) is 11.1 Å². The molecule has 0 aliphatic carbocycles. The van der Waals surface area contributed by atoms with E-state index in [0.29, 0.717) is 33.8 Å². The number of nitrogen functional groups attached to an aromatic ring is 1. The Hall–Kier alpha value is -1.26. The minimum atomic E-state index is -0.715. The van der Waals surface area contributed by atoms with Gasteiger partial charge in [-0.15, -0.1) is 0 Å². The van der Waals surface area contributed by atoms with Gasteiger partial charge in [-0.2, -0.15) is 0 Å². The van der Waals surface area contributed by atoms with Crippen molar-refractivity contribution in [3.8, 4) is 0 Å². The van der Waals surface area contributed by atoms with Crippen LogP contribution in [0.15, 0.2) is 36.4 Å². The molecular weight excluding hydrogens is 367 g/mol. The lowest BCUT2D eigenvalue weighted by Crippen LogP contribution is -2.43. The lowest BCUT2D eigenvalue weighted by Gasteiger charge is -2.28. The van der Waals surface area contributed by atoms with Crippen LogP contribution in [0.5, 0.6) is 0 Å². The monoisotopic (exact) mass is 394 g/mol. The van der Waals surface area contributed by atoms with Crippen LogP contribution in [0.25, 0.3) is 0 Å². The normalized spacial score (nSPS) is 13.2. The fraction of sp³-hybridized carbons (Fsp3) is 0.429. The lowest BCUT2D eigenvalue weighted by molar-refractivity contribution is 0.161. The van der Waals surface area contributed by atoms with Crippen LogP contribution in [0.1, 0.15) is 56.4 Å². The zero-order valence-corrected chi connectivity index (χ0v) is 17.3. The average Bonchev–Trinajstić information content (AvgIpc) is 2.57. The van der Waals surface area contributed by atoms with Gasteiger partial charge in [-0.3, -0.25) is 0 Å². The fourth-order valence-electron chi connectivity index (χ4n) is 2.88. The fourth-order valence-corrected chi connectivity index (χ4v) is 3.38. The van der Waals surface area contributed by atoms with E-state index in [4.69, 9.17) is 28.9 Å². The molecule has 3 nitrogen and oxygen atoms in total. The Morgan fingerprint density at radius 1 is 1.04 bits per heavy atom. The van der Waals surface area contributed by atoms with Crippen LogP contribution in [-0.4, -0.2) is 17.2 Å². The largest absolute Gasteiger partial charge is 0.396 e. The van der Waals surface area contributed by atoms with Crippen molar-refractivity contribution in [1.29, 1.82) is 0 Å². The molecule has 4 N–H and O–H groups in total. The van der Waals surface area contributed by atoms with Gasteiger partial charge in [0.25, 0.3) is 0 Å². The van der Waals surface area contributed by atoms with E-state index in [2.05, 4.69) is 57.3 Å². The Morgan fingerprint density at radius 3 is 2.08 bits per heavy atom. The van der Waals surface area contributed by atoms with E-state index in [1.54, 1.807) is 12.1 Å². The number of anilines is 1. The second-order valence-electron chi connectivity index (χ2n) is 7.75. The third-order valence-electron chi connectivity index (χ3n) is 4.55. The number of rotatable bonds is 7. The summed E-state index contributed by atoms with van der Waals surface area (Å²) in [5.41, 5.74) is 9.17. The number of hydrogen-bond donors (Lipinski definition) is 3. The lowest BCUT2D eigenvalue weighted by atomic mass is 9.92. The second-order valence-corrected chi connectivity index (χ2v) is 8.57. The third kappa shape index (κ3) is 5.62.